The fourth-order valence-electron chi connectivity index (χ4n) is 3.16. The van der Waals surface area contributed by atoms with Gasteiger partial charge >= 0.3 is 5.97 Å². The highest BCUT2D eigenvalue weighted by atomic mass is 19.1. The molecule has 0 unspecified atom stereocenters. The fourth-order valence-corrected chi connectivity index (χ4v) is 3.16. The minimum atomic E-state index is -1.15. The SMILES string of the molecule is CCCC1=Cc2ccc(C(=O)Oc3cc(F)c(C#N)c(F)c3)c(F)c2CC1. The van der Waals surface area contributed by atoms with Crippen molar-refractivity contribution in [3.63, 3.8) is 0 Å². The topological polar surface area (TPSA) is 50.1 Å². The fraction of sp³-hybridized carbons (Fsp3) is 0.238. The molecule has 0 radical (unpaired) electrons. The van der Waals surface area contributed by atoms with Gasteiger partial charge in [0, 0.05) is 12.1 Å². The number of ether oxygens (including phenoxy) is 1. The molecule has 0 fully saturated rings. The quantitative estimate of drug-likeness (QED) is 0.540. The zero-order valence-electron chi connectivity index (χ0n) is 14.6. The van der Waals surface area contributed by atoms with Gasteiger partial charge in [-0.05, 0) is 36.5 Å². The first kappa shape index (κ1) is 18.7. The number of carbonyl (C=O) groups is 1. The Kier molecular flexibility index (Phi) is 5.31. The molecular weight excluding hydrogens is 355 g/mol. The molecule has 0 aliphatic heterocycles. The van der Waals surface area contributed by atoms with Gasteiger partial charge in [0.2, 0.25) is 0 Å². The van der Waals surface area contributed by atoms with Gasteiger partial charge in [-0.1, -0.05) is 31.1 Å². The summed E-state index contributed by atoms with van der Waals surface area (Å²) < 4.78 is 47.0. The van der Waals surface area contributed by atoms with E-state index in [9.17, 15) is 18.0 Å². The summed E-state index contributed by atoms with van der Waals surface area (Å²) >= 11 is 0. The molecule has 0 aromatic heterocycles. The number of hydrogen-bond acceptors (Lipinski definition) is 3. The first-order valence-corrected chi connectivity index (χ1v) is 8.56. The number of halogens is 3. The van der Waals surface area contributed by atoms with Gasteiger partial charge in [0.05, 0.1) is 5.56 Å². The van der Waals surface area contributed by atoms with Crippen LogP contribution < -0.4 is 4.74 Å². The van der Waals surface area contributed by atoms with Crippen LogP contribution in [0.5, 0.6) is 5.75 Å². The van der Waals surface area contributed by atoms with Crippen LogP contribution in [0.2, 0.25) is 0 Å². The Balaban J connectivity index is 1.88. The van der Waals surface area contributed by atoms with E-state index >= 15 is 0 Å². The number of carbonyl (C=O) groups excluding carboxylic acids is 1. The molecule has 6 heteroatoms. The Morgan fingerprint density at radius 1 is 1.19 bits per heavy atom. The Morgan fingerprint density at radius 3 is 2.52 bits per heavy atom. The molecule has 1 aliphatic rings. The highest BCUT2D eigenvalue weighted by molar-refractivity contribution is 5.92. The second-order valence-electron chi connectivity index (χ2n) is 6.31. The van der Waals surface area contributed by atoms with Crippen molar-refractivity contribution < 1.29 is 22.7 Å². The molecule has 0 bridgehead atoms. The molecule has 3 rings (SSSR count). The summed E-state index contributed by atoms with van der Waals surface area (Å²) in [6.45, 7) is 2.07. The minimum Gasteiger partial charge on any atom is -0.423 e. The first-order valence-electron chi connectivity index (χ1n) is 8.56. The molecule has 0 amide bonds. The maximum atomic E-state index is 14.8. The number of benzene rings is 2. The standard InChI is InChI=1S/C21H16F3NO2/c1-2-3-12-4-6-15-13(8-12)5-7-16(20(15)24)21(26)27-14-9-18(22)17(11-25)19(23)10-14/h5,7-10H,2-4,6H2,1H3. The van der Waals surface area contributed by atoms with E-state index in [1.165, 1.54) is 17.7 Å². The summed E-state index contributed by atoms with van der Waals surface area (Å²) in [6, 6.07) is 5.76. The zero-order chi connectivity index (χ0) is 19.6. The largest absolute Gasteiger partial charge is 0.423 e. The maximum absolute atomic E-state index is 14.8. The molecule has 2 aromatic rings. The van der Waals surface area contributed by atoms with Crippen LogP contribution in [0.25, 0.3) is 6.08 Å². The Bertz CT molecular complexity index is 967. The molecule has 138 valence electrons. The van der Waals surface area contributed by atoms with Gasteiger partial charge in [-0.15, -0.1) is 0 Å². The number of allylic oxidation sites excluding steroid dienone is 1. The van der Waals surface area contributed by atoms with E-state index in [0.717, 1.165) is 37.0 Å². The minimum absolute atomic E-state index is 0.300. The summed E-state index contributed by atoms with van der Waals surface area (Å²) in [5, 5.41) is 8.66. The number of hydrogen-bond donors (Lipinski definition) is 0. The van der Waals surface area contributed by atoms with Gasteiger partial charge in [0.1, 0.15) is 34.8 Å². The molecule has 1 aliphatic carbocycles. The van der Waals surface area contributed by atoms with E-state index in [4.69, 9.17) is 10.00 Å². The number of esters is 1. The zero-order valence-corrected chi connectivity index (χ0v) is 14.6. The van der Waals surface area contributed by atoms with E-state index in [-0.39, 0.29) is 5.56 Å². The van der Waals surface area contributed by atoms with E-state index in [0.29, 0.717) is 12.0 Å². The van der Waals surface area contributed by atoms with Crippen LogP contribution in [0.15, 0.2) is 29.8 Å². The van der Waals surface area contributed by atoms with Crippen molar-refractivity contribution in [3.8, 4) is 11.8 Å². The van der Waals surface area contributed by atoms with Gasteiger partial charge in [0.25, 0.3) is 0 Å². The lowest BCUT2D eigenvalue weighted by Gasteiger charge is -2.18. The van der Waals surface area contributed by atoms with Crippen LogP contribution in [-0.4, -0.2) is 5.97 Å². The third kappa shape index (κ3) is 3.72. The summed E-state index contributed by atoms with van der Waals surface area (Å²) in [7, 11) is 0. The molecule has 0 atom stereocenters. The van der Waals surface area contributed by atoms with Crippen molar-refractivity contribution >= 4 is 12.0 Å². The Labute approximate surface area is 154 Å². The normalized spacial score (nSPS) is 12.8. The van der Waals surface area contributed by atoms with Crippen LogP contribution in [0, 0.1) is 28.8 Å². The number of nitriles is 1. The highest BCUT2D eigenvalue weighted by Crippen LogP contribution is 2.30. The lowest BCUT2D eigenvalue weighted by atomic mass is 9.88. The lowest BCUT2D eigenvalue weighted by Crippen LogP contribution is -2.14. The number of rotatable bonds is 4. The van der Waals surface area contributed by atoms with Gasteiger partial charge in [-0.2, -0.15) is 5.26 Å². The summed E-state index contributed by atoms with van der Waals surface area (Å²) in [4.78, 5) is 12.3. The average Bonchev–Trinajstić information content (AvgIpc) is 2.62. The van der Waals surface area contributed by atoms with Gasteiger partial charge in [0.15, 0.2) is 0 Å². The Morgan fingerprint density at radius 2 is 1.89 bits per heavy atom. The smallest absolute Gasteiger partial charge is 0.346 e. The second kappa shape index (κ2) is 7.67. The van der Waals surface area contributed by atoms with Crippen LogP contribution >= 0.6 is 0 Å². The van der Waals surface area contributed by atoms with Crippen LogP contribution in [0.4, 0.5) is 13.2 Å². The molecule has 0 saturated heterocycles. The third-order valence-electron chi connectivity index (χ3n) is 4.46. The molecule has 0 N–H and O–H groups in total. The maximum Gasteiger partial charge on any atom is 0.346 e. The van der Waals surface area contributed by atoms with Crippen molar-refractivity contribution in [2.75, 3.05) is 0 Å². The molecule has 2 aromatic carbocycles. The molecule has 0 saturated carbocycles. The molecule has 0 spiro atoms. The average molecular weight is 371 g/mol. The van der Waals surface area contributed by atoms with Gasteiger partial charge < -0.3 is 4.74 Å². The van der Waals surface area contributed by atoms with E-state index in [1.54, 1.807) is 6.07 Å². The van der Waals surface area contributed by atoms with Crippen molar-refractivity contribution in [1.82, 2.24) is 0 Å². The molecule has 27 heavy (non-hydrogen) atoms. The van der Waals surface area contributed by atoms with Crippen LogP contribution in [0.1, 0.15) is 53.2 Å². The molecule has 3 nitrogen and oxygen atoms in total. The van der Waals surface area contributed by atoms with Crippen LogP contribution in [0.3, 0.4) is 0 Å². The van der Waals surface area contributed by atoms with Crippen molar-refractivity contribution in [3.05, 3.63) is 69.5 Å². The van der Waals surface area contributed by atoms with Crippen molar-refractivity contribution in [2.45, 2.75) is 32.6 Å². The second-order valence-corrected chi connectivity index (χ2v) is 6.31. The van der Waals surface area contributed by atoms with Gasteiger partial charge in [-0.3, -0.25) is 0 Å². The highest BCUT2D eigenvalue weighted by Gasteiger charge is 2.22. The number of nitrogens with zero attached hydrogens (tertiary/aromatic N) is 1. The van der Waals surface area contributed by atoms with Crippen LogP contribution in [-0.2, 0) is 6.42 Å². The summed E-state index contributed by atoms with van der Waals surface area (Å²) in [5.41, 5.74) is 1.33. The molecular formula is C21H16F3NO2. The lowest BCUT2D eigenvalue weighted by molar-refractivity contribution is 0.0729. The first-order chi connectivity index (χ1) is 12.9. The summed E-state index contributed by atoms with van der Waals surface area (Å²) in [6.07, 6.45) is 5.09. The van der Waals surface area contributed by atoms with E-state index in [2.05, 4.69) is 6.92 Å². The molecule has 0 heterocycles. The van der Waals surface area contributed by atoms with Gasteiger partial charge in [-0.25, -0.2) is 18.0 Å². The predicted molar refractivity (Wildman–Crippen MR) is 93.6 cm³/mol. The van der Waals surface area contributed by atoms with E-state index < -0.39 is 34.7 Å². The van der Waals surface area contributed by atoms with Crippen molar-refractivity contribution in [2.24, 2.45) is 0 Å². The predicted octanol–water partition coefficient (Wildman–Crippen LogP) is 5.32. The number of fused-ring (bicyclic) bond motifs is 1. The van der Waals surface area contributed by atoms with E-state index in [1.807, 2.05) is 6.08 Å². The monoisotopic (exact) mass is 371 g/mol. The van der Waals surface area contributed by atoms with Crippen molar-refractivity contribution in [1.29, 1.82) is 5.26 Å². The third-order valence-corrected chi connectivity index (χ3v) is 4.46. The summed E-state index contributed by atoms with van der Waals surface area (Å²) in [5.74, 6) is -4.48. The Hall–Kier alpha value is -3.07.